The molecule has 0 aliphatic carbocycles. The zero-order chi connectivity index (χ0) is 19.1. The van der Waals surface area contributed by atoms with Gasteiger partial charge in [-0.1, -0.05) is 18.2 Å². The second-order valence-electron chi connectivity index (χ2n) is 7.53. The molecule has 3 rings (SSSR count). The van der Waals surface area contributed by atoms with Crippen LogP contribution in [-0.2, 0) is 11.2 Å². The lowest BCUT2D eigenvalue weighted by Crippen LogP contribution is -2.52. The fraction of sp³-hybridized carbons (Fsp3) is 0.571. The molecule has 0 radical (unpaired) electrons. The normalized spacial score (nSPS) is 16.0. The van der Waals surface area contributed by atoms with Gasteiger partial charge in [0.05, 0.1) is 19.8 Å². The highest BCUT2D eigenvalue weighted by molar-refractivity contribution is 14.0. The number of hydrogen-bond acceptors (Lipinski definition) is 4. The maximum Gasteiger partial charge on any atom is 0.191 e. The van der Waals surface area contributed by atoms with Crippen LogP contribution >= 0.6 is 24.0 Å². The van der Waals surface area contributed by atoms with Crippen molar-refractivity contribution in [2.24, 2.45) is 4.99 Å². The summed E-state index contributed by atoms with van der Waals surface area (Å²) in [6.07, 6.45) is 0.825. The summed E-state index contributed by atoms with van der Waals surface area (Å²) in [7, 11) is 0. The van der Waals surface area contributed by atoms with Crippen molar-refractivity contribution < 1.29 is 9.15 Å². The van der Waals surface area contributed by atoms with E-state index in [0.717, 1.165) is 75.0 Å². The highest BCUT2D eigenvalue weighted by atomic mass is 127. The minimum atomic E-state index is 0. The Morgan fingerprint density at radius 3 is 2.64 bits per heavy atom. The molecule has 156 valence electrons. The SMILES string of the molecule is CCNC(=NCC(C)(C)N1CCOCC1)NCCc1cc2ccccc2o1.I. The Bertz CT molecular complexity index is 721. The van der Waals surface area contributed by atoms with Gasteiger partial charge in [0, 0.05) is 43.5 Å². The van der Waals surface area contributed by atoms with Gasteiger partial charge in [-0.3, -0.25) is 9.89 Å². The molecule has 0 spiro atoms. The van der Waals surface area contributed by atoms with E-state index in [9.17, 15) is 0 Å². The molecular formula is C21H33IN4O2. The predicted molar refractivity (Wildman–Crippen MR) is 126 cm³/mol. The predicted octanol–water partition coefficient (Wildman–Crippen LogP) is 3.26. The van der Waals surface area contributed by atoms with Gasteiger partial charge in [-0.2, -0.15) is 0 Å². The number of furan rings is 1. The van der Waals surface area contributed by atoms with E-state index < -0.39 is 0 Å². The molecule has 1 saturated heterocycles. The number of morpholine rings is 1. The Morgan fingerprint density at radius 2 is 1.93 bits per heavy atom. The highest BCUT2D eigenvalue weighted by Crippen LogP contribution is 2.19. The number of hydrogen-bond donors (Lipinski definition) is 2. The Kier molecular flexibility index (Phi) is 9.04. The lowest BCUT2D eigenvalue weighted by atomic mass is 10.0. The third-order valence-corrected chi connectivity index (χ3v) is 4.98. The van der Waals surface area contributed by atoms with E-state index >= 15 is 0 Å². The first kappa shape index (κ1) is 23.0. The molecule has 6 nitrogen and oxygen atoms in total. The van der Waals surface area contributed by atoms with Crippen molar-refractivity contribution in [2.45, 2.75) is 32.7 Å². The van der Waals surface area contributed by atoms with Crippen molar-refractivity contribution in [3.63, 3.8) is 0 Å². The summed E-state index contributed by atoms with van der Waals surface area (Å²) in [5.41, 5.74) is 0.963. The van der Waals surface area contributed by atoms with Crippen molar-refractivity contribution in [3.05, 3.63) is 36.1 Å². The van der Waals surface area contributed by atoms with Gasteiger partial charge in [-0.05, 0) is 32.9 Å². The zero-order valence-corrected chi connectivity index (χ0v) is 19.5. The van der Waals surface area contributed by atoms with E-state index in [4.69, 9.17) is 14.1 Å². The van der Waals surface area contributed by atoms with Crippen LogP contribution in [0.2, 0.25) is 0 Å². The highest BCUT2D eigenvalue weighted by Gasteiger charge is 2.28. The molecule has 0 unspecified atom stereocenters. The Balaban J connectivity index is 0.00000280. The molecule has 7 heteroatoms. The van der Waals surface area contributed by atoms with Crippen LogP contribution in [0.4, 0.5) is 0 Å². The van der Waals surface area contributed by atoms with E-state index in [-0.39, 0.29) is 29.5 Å². The quantitative estimate of drug-likeness (QED) is 0.347. The van der Waals surface area contributed by atoms with Gasteiger partial charge < -0.3 is 19.8 Å². The first-order valence-electron chi connectivity index (χ1n) is 9.91. The summed E-state index contributed by atoms with van der Waals surface area (Å²) < 4.78 is 11.3. The molecule has 2 heterocycles. The first-order chi connectivity index (χ1) is 13.1. The minimum Gasteiger partial charge on any atom is -0.461 e. The number of nitrogens with zero attached hydrogens (tertiary/aromatic N) is 2. The van der Waals surface area contributed by atoms with Gasteiger partial charge in [0.2, 0.25) is 0 Å². The molecule has 0 atom stereocenters. The van der Waals surface area contributed by atoms with Crippen LogP contribution in [0.1, 0.15) is 26.5 Å². The molecule has 28 heavy (non-hydrogen) atoms. The van der Waals surface area contributed by atoms with Crippen LogP contribution in [0, 0.1) is 0 Å². The number of benzene rings is 1. The molecule has 2 N–H and O–H groups in total. The summed E-state index contributed by atoms with van der Waals surface area (Å²) in [5.74, 6) is 1.85. The average molecular weight is 500 g/mol. The standard InChI is InChI=1S/C21H32N4O2.HI/c1-4-22-20(24-16-21(2,3)25-11-13-26-14-12-25)23-10-9-18-15-17-7-5-6-8-19(17)27-18;/h5-8,15H,4,9-14,16H2,1-3H3,(H2,22,23,24);1H. The maximum atomic E-state index is 5.88. The number of aliphatic imine (C=N–C) groups is 1. The van der Waals surface area contributed by atoms with Gasteiger partial charge in [0.15, 0.2) is 5.96 Å². The van der Waals surface area contributed by atoms with Crippen LogP contribution in [0.3, 0.4) is 0 Å². The summed E-state index contributed by atoms with van der Waals surface area (Å²) in [6, 6.07) is 10.2. The number of fused-ring (bicyclic) bond motifs is 1. The number of guanidine groups is 1. The Morgan fingerprint density at radius 1 is 1.18 bits per heavy atom. The first-order valence-corrected chi connectivity index (χ1v) is 9.91. The number of rotatable bonds is 7. The third-order valence-electron chi connectivity index (χ3n) is 4.98. The molecule has 0 amide bonds. The lowest BCUT2D eigenvalue weighted by Gasteiger charge is -2.39. The van der Waals surface area contributed by atoms with E-state index in [1.807, 2.05) is 18.2 Å². The maximum absolute atomic E-state index is 5.88. The molecule has 0 saturated carbocycles. The fourth-order valence-electron chi connectivity index (χ4n) is 3.35. The third kappa shape index (κ3) is 6.35. The van der Waals surface area contributed by atoms with Crippen molar-refractivity contribution in [1.29, 1.82) is 0 Å². The van der Waals surface area contributed by atoms with Gasteiger partial charge in [-0.15, -0.1) is 24.0 Å². The summed E-state index contributed by atoms with van der Waals surface area (Å²) in [4.78, 5) is 7.27. The minimum absolute atomic E-state index is 0. The second kappa shape index (κ2) is 11.0. The average Bonchev–Trinajstić information content (AvgIpc) is 3.09. The largest absolute Gasteiger partial charge is 0.461 e. The van der Waals surface area contributed by atoms with Gasteiger partial charge in [-0.25, -0.2) is 0 Å². The van der Waals surface area contributed by atoms with Gasteiger partial charge >= 0.3 is 0 Å². The molecule has 1 aliphatic rings. The number of halogens is 1. The van der Waals surface area contributed by atoms with E-state index in [0.29, 0.717) is 0 Å². The van der Waals surface area contributed by atoms with Crippen LogP contribution < -0.4 is 10.6 Å². The number of nitrogens with one attached hydrogen (secondary N) is 2. The van der Waals surface area contributed by atoms with Crippen molar-refractivity contribution in [2.75, 3.05) is 45.9 Å². The molecule has 0 bridgehead atoms. The fourth-order valence-corrected chi connectivity index (χ4v) is 3.35. The summed E-state index contributed by atoms with van der Waals surface area (Å²) in [6.45, 7) is 12.5. The topological polar surface area (TPSA) is 62.0 Å². The van der Waals surface area contributed by atoms with Crippen LogP contribution in [0.25, 0.3) is 11.0 Å². The molecule has 2 aromatic rings. The summed E-state index contributed by atoms with van der Waals surface area (Å²) >= 11 is 0. The monoisotopic (exact) mass is 500 g/mol. The molecule has 1 aliphatic heterocycles. The second-order valence-corrected chi connectivity index (χ2v) is 7.53. The smallest absolute Gasteiger partial charge is 0.191 e. The lowest BCUT2D eigenvalue weighted by molar-refractivity contribution is -0.00683. The van der Waals surface area contributed by atoms with E-state index in [2.05, 4.69) is 48.4 Å². The molecule has 1 aromatic carbocycles. The van der Waals surface area contributed by atoms with Crippen LogP contribution in [-0.4, -0.2) is 62.3 Å². The Hall–Kier alpha value is -1.32. The van der Waals surface area contributed by atoms with Crippen molar-refractivity contribution in [3.8, 4) is 0 Å². The van der Waals surface area contributed by atoms with E-state index in [1.165, 1.54) is 0 Å². The number of ether oxygens (including phenoxy) is 1. The molecule has 1 aromatic heterocycles. The zero-order valence-electron chi connectivity index (χ0n) is 17.2. The van der Waals surface area contributed by atoms with Crippen molar-refractivity contribution in [1.82, 2.24) is 15.5 Å². The van der Waals surface area contributed by atoms with Crippen LogP contribution in [0.15, 0.2) is 39.7 Å². The van der Waals surface area contributed by atoms with Crippen molar-refractivity contribution >= 4 is 40.9 Å². The van der Waals surface area contributed by atoms with Crippen LogP contribution in [0.5, 0.6) is 0 Å². The van der Waals surface area contributed by atoms with Gasteiger partial charge in [0.25, 0.3) is 0 Å². The number of para-hydroxylation sites is 1. The molecule has 1 fully saturated rings. The summed E-state index contributed by atoms with van der Waals surface area (Å²) in [5, 5.41) is 7.91. The Labute approximate surface area is 185 Å². The van der Waals surface area contributed by atoms with E-state index in [1.54, 1.807) is 0 Å². The molecular weight excluding hydrogens is 467 g/mol. The van der Waals surface area contributed by atoms with Gasteiger partial charge in [0.1, 0.15) is 11.3 Å².